The van der Waals surface area contributed by atoms with Crippen LogP contribution in [0.25, 0.3) is 0 Å². The maximum Gasteiger partial charge on any atom is 0.325 e. The Morgan fingerprint density at radius 1 is 1.17 bits per heavy atom. The largest absolute Gasteiger partial charge is 0.465 e. The lowest BCUT2D eigenvalue weighted by Gasteiger charge is -2.16. The second-order valence-corrected chi connectivity index (χ2v) is 5.82. The number of benzene rings is 1. The van der Waals surface area contributed by atoms with E-state index in [4.69, 9.17) is 9.47 Å². The Morgan fingerprint density at radius 3 is 2.46 bits per heavy atom. The molecule has 0 bridgehead atoms. The summed E-state index contributed by atoms with van der Waals surface area (Å²) in [4.78, 5) is 29.0. The molecule has 1 aromatic carbocycles. The summed E-state index contributed by atoms with van der Waals surface area (Å²) in [6.07, 6.45) is 1.41. The number of hydrogen-bond acceptors (Lipinski definition) is 5. The molecular weight excluding hydrogens is 376 g/mol. The molecule has 0 aliphatic carbocycles. The van der Waals surface area contributed by atoms with Crippen LogP contribution in [0, 0.1) is 0 Å². The summed E-state index contributed by atoms with van der Waals surface area (Å²) in [5.74, 6) is 0.258. The van der Waals surface area contributed by atoms with E-state index in [1.54, 1.807) is 31.2 Å². The van der Waals surface area contributed by atoms with Gasteiger partial charge in [0.1, 0.15) is 12.3 Å². The van der Waals surface area contributed by atoms with Crippen LogP contribution in [0.1, 0.15) is 17.3 Å². The van der Waals surface area contributed by atoms with Crippen molar-refractivity contribution in [2.45, 2.75) is 6.92 Å². The van der Waals surface area contributed by atoms with E-state index in [2.05, 4.69) is 20.9 Å². The smallest absolute Gasteiger partial charge is 0.325 e. The van der Waals surface area contributed by atoms with Crippen LogP contribution in [-0.2, 0) is 9.53 Å². The first-order valence-electron chi connectivity index (χ1n) is 7.30. The first-order chi connectivity index (χ1) is 11.5. The molecule has 0 atom stereocenters. The highest BCUT2D eigenvalue weighted by molar-refractivity contribution is 9.10. The molecule has 0 aliphatic rings. The molecule has 126 valence electrons. The Labute approximate surface area is 148 Å². The maximum absolute atomic E-state index is 12.2. The fourth-order valence-corrected chi connectivity index (χ4v) is 2.15. The minimum Gasteiger partial charge on any atom is -0.465 e. The molecule has 2 aromatic rings. The third-order valence-electron chi connectivity index (χ3n) is 3.04. The van der Waals surface area contributed by atoms with E-state index in [9.17, 15) is 9.59 Å². The van der Waals surface area contributed by atoms with Crippen LogP contribution in [-0.4, -0.2) is 42.0 Å². The highest BCUT2D eigenvalue weighted by atomic mass is 79.9. The standard InChI is InChI=1S/C17H17BrN2O4/c1-3-23-16(21)11-20(2)17(22)12-4-9-15(19-10-12)24-14-7-5-13(18)6-8-14/h4-10H,3,11H2,1-2H3. The lowest BCUT2D eigenvalue weighted by atomic mass is 10.2. The van der Waals surface area contributed by atoms with Gasteiger partial charge in [0.05, 0.1) is 12.2 Å². The third kappa shape index (κ3) is 5.06. The van der Waals surface area contributed by atoms with Crippen molar-refractivity contribution in [3.8, 4) is 11.6 Å². The van der Waals surface area contributed by atoms with Crippen LogP contribution in [0.4, 0.5) is 0 Å². The summed E-state index contributed by atoms with van der Waals surface area (Å²) in [7, 11) is 1.53. The first-order valence-corrected chi connectivity index (χ1v) is 8.09. The number of ether oxygens (including phenoxy) is 2. The summed E-state index contributed by atoms with van der Waals surface area (Å²) in [5.41, 5.74) is 0.366. The highest BCUT2D eigenvalue weighted by Crippen LogP contribution is 2.21. The second-order valence-electron chi connectivity index (χ2n) is 4.91. The molecule has 0 aliphatic heterocycles. The minimum absolute atomic E-state index is 0.107. The molecule has 1 amide bonds. The van der Waals surface area contributed by atoms with Gasteiger partial charge in [-0.05, 0) is 37.3 Å². The number of esters is 1. The van der Waals surface area contributed by atoms with Crippen LogP contribution < -0.4 is 4.74 Å². The van der Waals surface area contributed by atoms with E-state index in [0.717, 1.165) is 4.47 Å². The minimum atomic E-state index is -0.448. The molecule has 0 N–H and O–H groups in total. The fraction of sp³-hybridized carbons (Fsp3) is 0.235. The van der Waals surface area contributed by atoms with Crippen molar-refractivity contribution in [3.63, 3.8) is 0 Å². The van der Waals surface area contributed by atoms with Crippen molar-refractivity contribution < 1.29 is 19.1 Å². The van der Waals surface area contributed by atoms with E-state index in [-0.39, 0.29) is 19.1 Å². The summed E-state index contributed by atoms with van der Waals surface area (Å²) < 4.78 is 11.4. The summed E-state index contributed by atoms with van der Waals surface area (Å²) in [6, 6.07) is 10.5. The number of hydrogen-bond donors (Lipinski definition) is 0. The Balaban J connectivity index is 1.99. The number of carbonyl (C=O) groups excluding carboxylic acids is 2. The molecule has 0 radical (unpaired) electrons. The number of amides is 1. The van der Waals surface area contributed by atoms with Crippen LogP contribution in [0.5, 0.6) is 11.6 Å². The van der Waals surface area contributed by atoms with Gasteiger partial charge in [0.25, 0.3) is 5.91 Å². The molecule has 0 saturated carbocycles. The lowest BCUT2D eigenvalue weighted by Crippen LogP contribution is -2.33. The van der Waals surface area contributed by atoms with Crippen molar-refractivity contribution in [2.75, 3.05) is 20.2 Å². The van der Waals surface area contributed by atoms with Gasteiger partial charge in [-0.1, -0.05) is 15.9 Å². The predicted octanol–water partition coefficient (Wildman–Crippen LogP) is 3.27. The van der Waals surface area contributed by atoms with Crippen molar-refractivity contribution >= 4 is 27.8 Å². The zero-order chi connectivity index (χ0) is 17.5. The number of halogens is 1. The Hall–Kier alpha value is -2.41. The number of nitrogens with zero attached hydrogens (tertiary/aromatic N) is 2. The average molecular weight is 393 g/mol. The van der Waals surface area contributed by atoms with Crippen molar-refractivity contribution in [1.29, 1.82) is 0 Å². The van der Waals surface area contributed by atoms with Gasteiger partial charge in [0.15, 0.2) is 0 Å². The van der Waals surface area contributed by atoms with E-state index >= 15 is 0 Å². The van der Waals surface area contributed by atoms with Crippen molar-refractivity contribution in [2.24, 2.45) is 0 Å². The Morgan fingerprint density at radius 2 is 1.88 bits per heavy atom. The van der Waals surface area contributed by atoms with Gasteiger partial charge < -0.3 is 14.4 Å². The highest BCUT2D eigenvalue weighted by Gasteiger charge is 2.16. The number of carbonyl (C=O) groups is 2. The van der Waals surface area contributed by atoms with E-state index < -0.39 is 5.97 Å². The van der Waals surface area contributed by atoms with Crippen LogP contribution >= 0.6 is 15.9 Å². The van der Waals surface area contributed by atoms with Gasteiger partial charge in [-0.25, -0.2) is 4.98 Å². The quantitative estimate of drug-likeness (QED) is 0.705. The zero-order valence-corrected chi connectivity index (χ0v) is 14.9. The topological polar surface area (TPSA) is 68.7 Å². The number of pyridine rings is 1. The Bertz CT molecular complexity index is 702. The molecule has 0 unspecified atom stereocenters. The number of aromatic nitrogens is 1. The van der Waals surface area contributed by atoms with Gasteiger partial charge in [0.2, 0.25) is 5.88 Å². The second kappa shape index (κ2) is 8.44. The molecule has 7 heteroatoms. The number of likely N-dealkylation sites (N-methyl/N-ethyl adjacent to an activating group) is 1. The first kappa shape index (κ1) is 17.9. The third-order valence-corrected chi connectivity index (χ3v) is 3.57. The van der Waals surface area contributed by atoms with Gasteiger partial charge in [-0.2, -0.15) is 0 Å². The maximum atomic E-state index is 12.2. The Kier molecular flexibility index (Phi) is 6.31. The van der Waals surface area contributed by atoms with E-state index in [1.165, 1.54) is 18.1 Å². The fourth-order valence-electron chi connectivity index (χ4n) is 1.88. The van der Waals surface area contributed by atoms with Crippen molar-refractivity contribution in [3.05, 3.63) is 52.6 Å². The zero-order valence-electron chi connectivity index (χ0n) is 13.4. The van der Waals surface area contributed by atoms with Gasteiger partial charge in [-0.15, -0.1) is 0 Å². The van der Waals surface area contributed by atoms with Gasteiger partial charge in [0, 0.05) is 23.8 Å². The van der Waals surface area contributed by atoms with Crippen LogP contribution in [0.2, 0.25) is 0 Å². The van der Waals surface area contributed by atoms with E-state index in [1.807, 2.05) is 12.1 Å². The number of rotatable bonds is 6. The molecule has 1 aromatic heterocycles. The van der Waals surface area contributed by atoms with Crippen LogP contribution in [0.3, 0.4) is 0 Å². The monoisotopic (exact) mass is 392 g/mol. The molecule has 0 spiro atoms. The molecule has 24 heavy (non-hydrogen) atoms. The summed E-state index contributed by atoms with van der Waals surface area (Å²) >= 11 is 3.35. The molecule has 0 fully saturated rings. The van der Waals surface area contributed by atoms with E-state index in [0.29, 0.717) is 17.2 Å². The molecule has 6 nitrogen and oxygen atoms in total. The summed E-state index contributed by atoms with van der Waals surface area (Å²) in [6.45, 7) is 1.89. The lowest BCUT2D eigenvalue weighted by molar-refractivity contribution is -0.143. The average Bonchev–Trinajstić information content (AvgIpc) is 2.57. The van der Waals surface area contributed by atoms with Gasteiger partial charge >= 0.3 is 5.97 Å². The van der Waals surface area contributed by atoms with Crippen LogP contribution in [0.15, 0.2) is 47.1 Å². The SMILES string of the molecule is CCOC(=O)CN(C)C(=O)c1ccc(Oc2ccc(Br)cc2)nc1. The van der Waals surface area contributed by atoms with Gasteiger partial charge in [-0.3, -0.25) is 9.59 Å². The predicted molar refractivity (Wildman–Crippen MR) is 92.0 cm³/mol. The van der Waals surface area contributed by atoms with Crippen molar-refractivity contribution in [1.82, 2.24) is 9.88 Å². The summed E-state index contributed by atoms with van der Waals surface area (Å²) in [5, 5.41) is 0. The normalized spacial score (nSPS) is 10.1. The molecule has 1 heterocycles. The molecule has 0 saturated heterocycles. The molecule has 2 rings (SSSR count). The molecular formula is C17H17BrN2O4.